The Morgan fingerprint density at radius 3 is 2.48 bits per heavy atom. The first kappa shape index (κ1) is 15.7. The molecule has 0 saturated carbocycles. The van der Waals surface area contributed by atoms with Crippen molar-refractivity contribution < 1.29 is 4.39 Å². The standard InChI is InChI=1S/C17H14FIN4/c1-20-17-22-15(11-5-3-2-4-6-11)10-16(23-17)21-14-8-7-12(19)9-13(14)18/h2-10H,1H3,(H2,20,21,22,23). The molecule has 3 aromatic rings. The van der Waals surface area contributed by atoms with Crippen molar-refractivity contribution in [3.8, 4) is 11.3 Å². The second-order valence-corrected chi connectivity index (χ2v) is 6.07. The SMILES string of the molecule is CNc1nc(Nc2ccc(I)cc2F)cc(-c2ccccc2)n1. The van der Waals surface area contributed by atoms with Crippen LogP contribution >= 0.6 is 22.6 Å². The molecule has 0 bridgehead atoms. The lowest BCUT2D eigenvalue weighted by molar-refractivity contribution is 0.631. The number of halogens is 2. The van der Waals surface area contributed by atoms with Gasteiger partial charge in [0.05, 0.1) is 11.4 Å². The van der Waals surface area contributed by atoms with E-state index >= 15 is 0 Å². The average Bonchev–Trinajstić information content (AvgIpc) is 2.58. The van der Waals surface area contributed by atoms with Gasteiger partial charge < -0.3 is 10.6 Å². The molecule has 2 N–H and O–H groups in total. The van der Waals surface area contributed by atoms with Gasteiger partial charge in [0.15, 0.2) is 0 Å². The lowest BCUT2D eigenvalue weighted by atomic mass is 10.1. The zero-order chi connectivity index (χ0) is 16.2. The fraction of sp³-hybridized carbons (Fsp3) is 0.0588. The van der Waals surface area contributed by atoms with E-state index in [1.165, 1.54) is 6.07 Å². The van der Waals surface area contributed by atoms with Crippen LogP contribution in [0.5, 0.6) is 0 Å². The van der Waals surface area contributed by atoms with Gasteiger partial charge in [-0.1, -0.05) is 30.3 Å². The summed E-state index contributed by atoms with van der Waals surface area (Å²) in [5, 5.41) is 5.94. The Balaban J connectivity index is 1.99. The van der Waals surface area contributed by atoms with Gasteiger partial charge in [-0.2, -0.15) is 4.98 Å². The van der Waals surface area contributed by atoms with E-state index in [0.29, 0.717) is 17.5 Å². The van der Waals surface area contributed by atoms with Gasteiger partial charge in [0, 0.05) is 22.2 Å². The van der Waals surface area contributed by atoms with Crippen LogP contribution in [0.3, 0.4) is 0 Å². The Bertz CT molecular complexity index is 824. The van der Waals surface area contributed by atoms with Gasteiger partial charge in [-0.25, -0.2) is 9.37 Å². The second kappa shape index (κ2) is 6.91. The van der Waals surface area contributed by atoms with Crippen molar-refractivity contribution in [3.63, 3.8) is 0 Å². The van der Waals surface area contributed by atoms with E-state index in [2.05, 4.69) is 43.2 Å². The van der Waals surface area contributed by atoms with E-state index in [9.17, 15) is 4.39 Å². The molecule has 0 amide bonds. The molecule has 1 heterocycles. The maximum atomic E-state index is 14.0. The van der Waals surface area contributed by atoms with E-state index in [-0.39, 0.29) is 5.82 Å². The van der Waals surface area contributed by atoms with Crippen molar-refractivity contribution >= 4 is 40.0 Å². The molecular weight excluding hydrogens is 406 g/mol. The molecule has 1 aromatic heterocycles. The molecule has 0 unspecified atom stereocenters. The summed E-state index contributed by atoms with van der Waals surface area (Å²) in [6.07, 6.45) is 0. The molecule has 2 aromatic carbocycles. The smallest absolute Gasteiger partial charge is 0.224 e. The summed E-state index contributed by atoms with van der Waals surface area (Å²) >= 11 is 2.07. The topological polar surface area (TPSA) is 49.8 Å². The summed E-state index contributed by atoms with van der Waals surface area (Å²) in [6, 6.07) is 16.6. The van der Waals surface area contributed by atoms with Gasteiger partial charge >= 0.3 is 0 Å². The minimum Gasteiger partial charge on any atom is -0.357 e. The first-order valence-corrected chi connectivity index (χ1v) is 8.08. The molecule has 3 rings (SSSR count). The van der Waals surface area contributed by atoms with Crippen LogP contribution in [0.2, 0.25) is 0 Å². The summed E-state index contributed by atoms with van der Waals surface area (Å²) in [7, 11) is 1.75. The van der Waals surface area contributed by atoms with E-state index in [0.717, 1.165) is 14.8 Å². The second-order valence-electron chi connectivity index (χ2n) is 4.83. The van der Waals surface area contributed by atoms with Crippen molar-refractivity contribution in [2.45, 2.75) is 0 Å². The Labute approximate surface area is 147 Å². The van der Waals surface area contributed by atoms with Gasteiger partial charge in [-0.15, -0.1) is 0 Å². The van der Waals surface area contributed by atoms with Gasteiger partial charge in [0.25, 0.3) is 0 Å². The summed E-state index contributed by atoms with van der Waals surface area (Å²) in [6.45, 7) is 0. The van der Waals surface area contributed by atoms with Gasteiger partial charge in [0.1, 0.15) is 11.6 Å². The van der Waals surface area contributed by atoms with Gasteiger partial charge in [-0.3, -0.25) is 0 Å². The van der Waals surface area contributed by atoms with Crippen molar-refractivity contribution in [1.29, 1.82) is 0 Å². The Hall–Kier alpha value is -2.22. The maximum absolute atomic E-state index is 14.0. The molecule has 4 nitrogen and oxygen atoms in total. The molecule has 116 valence electrons. The van der Waals surface area contributed by atoms with E-state index in [1.807, 2.05) is 36.4 Å². The lowest BCUT2D eigenvalue weighted by Crippen LogP contribution is -2.03. The van der Waals surface area contributed by atoms with Crippen molar-refractivity contribution in [3.05, 3.63) is 64.0 Å². The fourth-order valence-electron chi connectivity index (χ4n) is 2.11. The molecule has 6 heteroatoms. The third-order valence-electron chi connectivity index (χ3n) is 3.21. The first-order valence-electron chi connectivity index (χ1n) is 7.00. The zero-order valence-electron chi connectivity index (χ0n) is 12.3. The number of anilines is 3. The predicted octanol–water partition coefficient (Wildman–Crippen LogP) is 4.67. The quantitative estimate of drug-likeness (QED) is 0.603. The lowest BCUT2D eigenvalue weighted by Gasteiger charge is -2.11. The molecule has 0 fully saturated rings. The van der Waals surface area contributed by atoms with E-state index in [4.69, 9.17) is 0 Å². The molecule has 0 aliphatic carbocycles. The molecule has 23 heavy (non-hydrogen) atoms. The molecular formula is C17H14FIN4. The van der Waals surface area contributed by atoms with E-state index < -0.39 is 0 Å². The summed E-state index contributed by atoms with van der Waals surface area (Å²) < 4.78 is 14.9. The first-order chi connectivity index (χ1) is 11.2. The van der Waals surface area contributed by atoms with Crippen LogP contribution in [0.15, 0.2) is 54.6 Å². The predicted molar refractivity (Wildman–Crippen MR) is 99.4 cm³/mol. The number of hydrogen-bond donors (Lipinski definition) is 2. The number of hydrogen-bond acceptors (Lipinski definition) is 4. The summed E-state index contributed by atoms with van der Waals surface area (Å²) in [5.74, 6) is 0.686. The van der Waals surface area contributed by atoms with Crippen molar-refractivity contribution in [2.24, 2.45) is 0 Å². The van der Waals surface area contributed by atoms with Gasteiger partial charge in [0.2, 0.25) is 5.95 Å². The van der Waals surface area contributed by atoms with Crippen molar-refractivity contribution in [2.75, 3.05) is 17.7 Å². The molecule has 0 atom stereocenters. The normalized spacial score (nSPS) is 10.4. The van der Waals surface area contributed by atoms with Gasteiger partial charge in [-0.05, 0) is 40.8 Å². The number of aromatic nitrogens is 2. The highest BCUT2D eigenvalue weighted by Gasteiger charge is 2.08. The van der Waals surface area contributed by atoms with Crippen LogP contribution < -0.4 is 10.6 Å². The molecule has 0 aliphatic heterocycles. The maximum Gasteiger partial charge on any atom is 0.224 e. The third-order valence-corrected chi connectivity index (χ3v) is 3.88. The molecule has 0 spiro atoms. The minimum atomic E-state index is -0.317. The highest BCUT2D eigenvalue weighted by atomic mass is 127. The molecule has 0 saturated heterocycles. The molecule has 0 radical (unpaired) electrons. The largest absolute Gasteiger partial charge is 0.357 e. The number of nitrogens with one attached hydrogen (secondary N) is 2. The van der Waals surface area contributed by atoms with Crippen LogP contribution in [0.1, 0.15) is 0 Å². The summed E-state index contributed by atoms with van der Waals surface area (Å²) in [4.78, 5) is 8.78. The third kappa shape index (κ3) is 3.76. The average molecular weight is 420 g/mol. The Morgan fingerprint density at radius 1 is 1.00 bits per heavy atom. The van der Waals surface area contributed by atoms with Crippen LogP contribution in [0, 0.1) is 9.39 Å². The highest BCUT2D eigenvalue weighted by molar-refractivity contribution is 14.1. The Morgan fingerprint density at radius 2 is 1.78 bits per heavy atom. The Kier molecular flexibility index (Phi) is 4.71. The summed E-state index contributed by atoms with van der Waals surface area (Å²) in [5.41, 5.74) is 2.11. The van der Waals surface area contributed by atoms with Crippen LogP contribution in [-0.4, -0.2) is 17.0 Å². The number of nitrogens with zero attached hydrogens (tertiary/aromatic N) is 2. The van der Waals surface area contributed by atoms with Crippen molar-refractivity contribution in [1.82, 2.24) is 9.97 Å². The fourth-order valence-corrected chi connectivity index (χ4v) is 2.56. The zero-order valence-corrected chi connectivity index (χ0v) is 14.5. The van der Waals surface area contributed by atoms with E-state index in [1.54, 1.807) is 19.2 Å². The van der Waals surface area contributed by atoms with Crippen LogP contribution in [-0.2, 0) is 0 Å². The monoisotopic (exact) mass is 420 g/mol. The minimum absolute atomic E-state index is 0.317. The number of benzene rings is 2. The highest BCUT2D eigenvalue weighted by Crippen LogP contribution is 2.25. The molecule has 0 aliphatic rings. The number of rotatable bonds is 4. The van der Waals surface area contributed by atoms with Crippen LogP contribution in [0.25, 0.3) is 11.3 Å². The van der Waals surface area contributed by atoms with Crippen LogP contribution in [0.4, 0.5) is 21.8 Å².